The van der Waals surface area contributed by atoms with Gasteiger partial charge in [-0.1, -0.05) is 36.3 Å². The zero-order valence-corrected chi connectivity index (χ0v) is 14.3. The monoisotopic (exact) mass is 336 g/mol. The van der Waals surface area contributed by atoms with E-state index in [9.17, 15) is 5.26 Å². The number of nitrogens with zero attached hydrogens (tertiary/aromatic N) is 3. The van der Waals surface area contributed by atoms with Gasteiger partial charge < -0.3 is 9.55 Å². The molecule has 0 aliphatic carbocycles. The lowest BCUT2D eigenvalue weighted by atomic mass is 10.1. The zero-order chi connectivity index (χ0) is 18.1. The first-order valence-electron chi connectivity index (χ1n) is 8.31. The van der Waals surface area contributed by atoms with Crippen LogP contribution in [0.1, 0.15) is 17.1 Å². The van der Waals surface area contributed by atoms with Crippen molar-refractivity contribution in [3.05, 3.63) is 65.6 Å². The van der Waals surface area contributed by atoms with E-state index in [2.05, 4.69) is 32.6 Å². The molecule has 0 aliphatic rings. The van der Waals surface area contributed by atoms with Crippen LogP contribution in [0.4, 0.5) is 0 Å². The number of aromatic nitrogens is 3. The standard InChI is InChI=1S/C22H16N4/c1-3-12-26-15(2)18(17-8-4-7-11-21(17)26)13-16(14-23)22-24-19-9-5-6-10-20(19)25-22/h1,4-11,13H,12H2,2H3,(H,24,25)/b16-13+. The third-order valence-electron chi connectivity index (χ3n) is 4.58. The van der Waals surface area contributed by atoms with Gasteiger partial charge in [0.1, 0.15) is 11.9 Å². The number of terminal acetylenes is 1. The summed E-state index contributed by atoms with van der Waals surface area (Å²) in [6, 6.07) is 18.1. The fraction of sp³-hybridized carbons (Fsp3) is 0.0909. The number of hydrogen-bond donors (Lipinski definition) is 1. The molecule has 0 amide bonds. The van der Waals surface area contributed by atoms with Crippen molar-refractivity contribution >= 4 is 33.6 Å². The molecule has 0 unspecified atom stereocenters. The number of allylic oxidation sites excluding steroid dienone is 1. The van der Waals surface area contributed by atoms with E-state index >= 15 is 0 Å². The number of benzene rings is 2. The maximum atomic E-state index is 9.72. The van der Waals surface area contributed by atoms with Gasteiger partial charge in [0, 0.05) is 22.2 Å². The van der Waals surface area contributed by atoms with Crippen LogP contribution >= 0.6 is 0 Å². The highest BCUT2D eigenvalue weighted by molar-refractivity contribution is 5.99. The largest absolute Gasteiger partial charge is 0.337 e. The van der Waals surface area contributed by atoms with Gasteiger partial charge in [-0.15, -0.1) is 6.42 Å². The van der Waals surface area contributed by atoms with Gasteiger partial charge in [-0.25, -0.2) is 4.98 Å². The highest BCUT2D eigenvalue weighted by Crippen LogP contribution is 2.29. The second-order valence-corrected chi connectivity index (χ2v) is 6.08. The normalized spacial score (nSPS) is 11.6. The van der Waals surface area contributed by atoms with Crippen LogP contribution in [0, 0.1) is 30.6 Å². The van der Waals surface area contributed by atoms with Gasteiger partial charge in [0.15, 0.2) is 0 Å². The number of rotatable bonds is 3. The Kier molecular flexibility index (Phi) is 3.80. The van der Waals surface area contributed by atoms with E-state index in [4.69, 9.17) is 6.42 Å². The molecule has 0 radical (unpaired) electrons. The van der Waals surface area contributed by atoms with E-state index in [0.717, 1.165) is 33.2 Å². The van der Waals surface area contributed by atoms with Gasteiger partial charge >= 0.3 is 0 Å². The number of para-hydroxylation sites is 3. The molecule has 0 atom stereocenters. The van der Waals surface area contributed by atoms with Gasteiger partial charge in [0.2, 0.25) is 0 Å². The van der Waals surface area contributed by atoms with Crippen LogP contribution in [-0.2, 0) is 6.54 Å². The summed E-state index contributed by atoms with van der Waals surface area (Å²) in [6.45, 7) is 2.52. The van der Waals surface area contributed by atoms with Crippen molar-refractivity contribution in [3.8, 4) is 18.4 Å². The molecule has 2 aromatic heterocycles. The molecule has 0 spiro atoms. The molecule has 4 aromatic rings. The lowest BCUT2D eigenvalue weighted by Gasteiger charge is -2.03. The van der Waals surface area contributed by atoms with Gasteiger partial charge in [-0.3, -0.25) is 0 Å². The summed E-state index contributed by atoms with van der Waals surface area (Å²) in [4.78, 5) is 7.77. The Labute approximate surface area is 151 Å². The summed E-state index contributed by atoms with van der Waals surface area (Å²) in [7, 11) is 0. The highest BCUT2D eigenvalue weighted by atomic mass is 15.0. The van der Waals surface area contributed by atoms with Crippen LogP contribution in [0.15, 0.2) is 48.5 Å². The molecule has 4 heteroatoms. The average Bonchev–Trinajstić information content (AvgIpc) is 3.20. The summed E-state index contributed by atoms with van der Waals surface area (Å²) >= 11 is 0. The van der Waals surface area contributed by atoms with Crippen molar-refractivity contribution in [1.82, 2.24) is 14.5 Å². The predicted octanol–water partition coefficient (Wildman–Crippen LogP) is 4.52. The minimum absolute atomic E-state index is 0.493. The zero-order valence-electron chi connectivity index (χ0n) is 14.3. The Balaban J connectivity index is 1.93. The summed E-state index contributed by atoms with van der Waals surface area (Å²) in [5, 5.41) is 10.8. The van der Waals surface area contributed by atoms with Gasteiger partial charge in [0.05, 0.1) is 23.2 Å². The highest BCUT2D eigenvalue weighted by Gasteiger charge is 2.14. The van der Waals surface area contributed by atoms with Crippen molar-refractivity contribution in [2.75, 3.05) is 0 Å². The molecule has 26 heavy (non-hydrogen) atoms. The summed E-state index contributed by atoms with van der Waals surface area (Å²) in [5.41, 5.74) is 5.34. The Morgan fingerprint density at radius 2 is 2.00 bits per heavy atom. The summed E-state index contributed by atoms with van der Waals surface area (Å²) < 4.78 is 2.09. The van der Waals surface area contributed by atoms with Crippen LogP contribution in [0.3, 0.4) is 0 Å². The molecule has 0 bridgehead atoms. The van der Waals surface area contributed by atoms with E-state index in [1.807, 2.05) is 55.5 Å². The quantitative estimate of drug-likeness (QED) is 0.441. The first kappa shape index (κ1) is 15.7. The van der Waals surface area contributed by atoms with E-state index in [1.165, 1.54) is 0 Å². The molecule has 2 heterocycles. The number of nitrogens with one attached hydrogen (secondary N) is 1. The lowest BCUT2D eigenvalue weighted by molar-refractivity contribution is 0.846. The Morgan fingerprint density at radius 1 is 1.23 bits per heavy atom. The van der Waals surface area contributed by atoms with Crippen LogP contribution in [0.5, 0.6) is 0 Å². The maximum Gasteiger partial charge on any atom is 0.149 e. The first-order valence-corrected chi connectivity index (χ1v) is 8.31. The molecule has 2 aromatic carbocycles. The summed E-state index contributed by atoms with van der Waals surface area (Å²) in [5.74, 6) is 3.28. The van der Waals surface area contributed by atoms with E-state index < -0.39 is 0 Å². The average molecular weight is 336 g/mol. The van der Waals surface area contributed by atoms with Crippen LogP contribution in [-0.4, -0.2) is 14.5 Å². The molecule has 4 nitrogen and oxygen atoms in total. The van der Waals surface area contributed by atoms with Crippen molar-refractivity contribution in [1.29, 1.82) is 5.26 Å². The Hall–Kier alpha value is -3.76. The number of fused-ring (bicyclic) bond motifs is 2. The fourth-order valence-electron chi connectivity index (χ4n) is 3.31. The molecule has 124 valence electrons. The van der Waals surface area contributed by atoms with Gasteiger partial charge in [0.25, 0.3) is 0 Å². The third-order valence-corrected chi connectivity index (χ3v) is 4.58. The SMILES string of the molecule is C#CCn1c(C)c(/C=C(\C#N)c2nc3ccccc3[nH]2)c2ccccc21. The molecular weight excluding hydrogens is 320 g/mol. The van der Waals surface area contributed by atoms with Crippen LogP contribution in [0.2, 0.25) is 0 Å². The molecule has 0 saturated carbocycles. The Bertz CT molecular complexity index is 1210. The van der Waals surface area contributed by atoms with Crippen molar-refractivity contribution < 1.29 is 0 Å². The smallest absolute Gasteiger partial charge is 0.149 e. The van der Waals surface area contributed by atoms with E-state index in [-0.39, 0.29) is 0 Å². The molecule has 0 saturated heterocycles. The van der Waals surface area contributed by atoms with Crippen molar-refractivity contribution in [2.45, 2.75) is 13.5 Å². The topological polar surface area (TPSA) is 57.4 Å². The second kappa shape index (κ2) is 6.27. The van der Waals surface area contributed by atoms with Crippen LogP contribution in [0.25, 0.3) is 33.6 Å². The molecule has 4 rings (SSSR count). The molecular formula is C22H16N4. The predicted molar refractivity (Wildman–Crippen MR) is 105 cm³/mol. The van der Waals surface area contributed by atoms with Gasteiger partial charge in [-0.05, 0) is 31.2 Å². The number of imidazole rings is 1. The van der Waals surface area contributed by atoms with Crippen LogP contribution < -0.4 is 0 Å². The summed E-state index contributed by atoms with van der Waals surface area (Å²) in [6.07, 6.45) is 7.43. The first-order chi connectivity index (χ1) is 12.7. The minimum Gasteiger partial charge on any atom is -0.337 e. The Morgan fingerprint density at radius 3 is 2.77 bits per heavy atom. The van der Waals surface area contributed by atoms with E-state index in [0.29, 0.717) is 17.9 Å². The number of H-pyrrole nitrogens is 1. The molecule has 0 aliphatic heterocycles. The fourth-order valence-corrected chi connectivity index (χ4v) is 3.31. The second-order valence-electron chi connectivity index (χ2n) is 6.08. The maximum absolute atomic E-state index is 9.72. The van der Waals surface area contributed by atoms with Crippen molar-refractivity contribution in [3.63, 3.8) is 0 Å². The van der Waals surface area contributed by atoms with Crippen molar-refractivity contribution in [2.24, 2.45) is 0 Å². The number of aromatic amines is 1. The molecule has 1 N–H and O–H groups in total. The number of nitriles is 1. The molecule has 0 fully saturated rings. The number of hydrogen-bond acceptors (Lipinski definition) is 2. The third kappa shape index (κ3) is 2.46. The van der Waals surface area contributed by atoms with E-state index in [1.54, 1.807) is 0 Å². The van der Waals surface area contributed by atoms with Gasteiger partial charge in [-0.2, -0.15) is 5.26 Å². The minimum atomic E-state index is 0.493. The lowest BCUT2D eigenvalue weighted by Crippen LogP contribution is -1.97.